The van der Waals surface area contributed by atoms with Crippen molar-refractivity contribution in [3.05, 3.63) is 51.3 Å². The Morgan fingerprint density at radius 1 is 1.41 bits per heavy atom. The zero-order valence-electron chi connectivity index (χ0n) is 13.6. The molecule has 1 aliphatic heterocycles. The van der Waals surface area contributed by atoms with E-state index in [-0.39, 0.29) is 31.3 Å². The van der Waals surface area contributed by atoms with Crippen molar-refractivity contribution < 1.29 is 37.1 Å². The van der Waals surface area contributed by atoms with E-state index in [4.69, 9.17) is 14.2 Å². The smallest absolute Gasteiger partial charge is 0.435 e. The van der Waals surface area contributed by atoms with E-state index >= 15 is 0 Å². The van der Waals surface area contributed by atoms with Crippen LogP contribution >= 0.6 is 0 Å². The van der Waals surface area contributed by atoms with E-state index in [2.05, 4.69) is 5.10 Å². The number of nitro groups is 1. The van der Waals surface area contributed by atoms with Crippen LogP contribution in [-0.4, -0.2) is 27.5 Å². The molecule has 1 aromatic carbocycles. The third-order valence-electron chi connectivity index (χ3n) is 3.59. The number of benzene rings is 1. The molecule has 0 bridgehead atoms. The predicted octanol–water partition coefficient (Wildman–Crippen LogP) is 2.42. The van der Waals surface area contributed by atoms with Crippen molar-refractivity contribution in [2.24, 2.45) is 0 Å². The number of carbonyl (C=O) groups is 1. The summed E-state index contributed by atoms with van der Waals surface area (Å²) in [7, 11) is 0. The number of alkyl halides is 3. The number of rotatable bonds is 5. The van der Waals surface area contributed by atoms with Gasteiger partial charge < -0.3 is 14.2 Å². The summed E-state index contributed by atoms with van der Waals surface area (Å²) in [6.07, 6.45) is -3.61. The number of non-ortho nitro benzene ring substituents is 1. The van der Waals surface area contributed by atoms with Crippen molar-refractivity contribution >= 4 is 11.7 Å². The van der Waals surface area contributed by atoms with Gasteiger partial charge in [0, 0.05) is 29.5 Å². The molecule has 2 heterocycles. The summed E-state index contributed by atoms with van der Waals surface area (Å²) in [4.78, 5) is 22.3. The Morgan fingerprint density at radius 2 is 2.19 bits per heavy atom. The number of carbonyl (C=O) groups excluding carboxylic acids is 1. The molecular formula is C15H12F3N3O6. The highest BCUT2D eigenvalue weighted by atomic mass is 19.4. The highest BCUT2D eigenvalue weighted by molar-refractivity contribution is 5.69. The van der Waals surface area contributed by atoms with Crippen molar-refractivity contribution in [1.29, 1.82) is 0 Å². The van der Waals surface area contributed by atoms with E-state index < -0.39 is 29.3 Å². The molecule has 0 saturated carbocycles. The maximum atomic E-state index is 12.5. The van der Waals surface area contributed by atoms with E-state index in [9.17, 15) is 28.1 Å². The Labute approximate surface area is 149 Å². The number of hydrogen-bond acceptors (Lipinski definition) is 7. The Balaban J connectivity index is 1.69. The molecule has 0 N–H and O–H groups in total. The van der Waals surface area contributed by atoms with Gasteiger partial charge >= 0.3 is 12.1 Å². The summed E-state index contributed by atoms with van der Waals surface area (Å²) < 4.78 is 53.7. The van der Waals surface area contributed by atoms with E-state index in [1.807, 2.05) is 0 Å². The first-order chi connectivity index (χ1) is 12.7. The van der Waals surface area contributed by atoms with Crippen LogP contribution in [0.2, 0.25) is 0 Å². The van der Waals surface area contributed by atoms with Gasteiger partial charge in [-0.25, -0.2) is 0 Å². The van der Waals surface area contributed by atoms with Crippen LogP contribution in [0.15, 0.2) is 24.4 Å². The molecule has 0 spiro atoms. The summed E-state index contributed by atoms with van der Waals surface area (Å²) in [6, 6.07) is 3.23. The number of ether oxygens (including phenoxy) is 3. The second-order valence-corrected chi connectivity index (χ2v) is 5.52. The summed E-state index contributed by atoms with van der Waals surface area (Å²) in [5.41, 5.74) is -0.664. The first-order valence-corrected chi connectivity index (χ1v) is 7.51. The molecule has 0 saturated heterocycles. The monoisotopic (exact) mass is 387 g/mol. The van der Waals surface area contributed by atoms with Crippen LogP contribution in [-0.2, 0) is 40.2 Å². The quantitative estimate of drug-likeness (QED) is 0.441. The van der Waals surface area contributed by atoms with Crippen molar-refractivity contribution in [2.45, 2.75) is 25.9 Å². The standard InChI is InChI=1S/C15H12F3N3O6/c16-15(17,18)12-1-2-20(19-12)5-13(22)26-7-10-4-11(21(23)24)3-9-6-25-8-27-14(9)10/h1-4H,5-8H2. The van der Waals surface area contributed by atoms with Crippen LogP contribution in [0.3, 0.4) is 0 Å². The molecule has 9 nitrogen and oxygen atoms in total. The normalized spacial score (nSPS) is 13.6. The van der Waals surface area contributed by atoms with Crippen LogP contribution in [0.5, 0.6) is 5.75 Å². The zero-order chi connectivity index (χ0) is 19.6. The van der Waals surface area contributed by atoms with Crippen molar-refractivity contribution in [1.82, 2.24) is 9.78 Å². The molecule has 3 rings (SSSR count). The van der Waals surface area contributed by atoms with Gasteiger partial charge in [-0.15, -0.1) is 0 Å². The van der Waals surface area contributed by atoms with Crippen LogP contribution in [0.25, 0.3) is 0 Å². The molecule has 0 fully saturated rings. The lowest BCUT2D eigenvalue weighted by molar-refractivity contribution is -0.385. The number of aromatic nitrogens is 2. The average molecular weight is 387 g/mol. The molecule has 27 heavy (non-hydrogen) atoms. The molecule has 0 atom stereocenters. The largest absolute Gasteiger partial charge is 0.467 e. The number of nitrogens with zero attached hydrogens (tertiary/aromatic N) is 3. The minimum Gasteiger partial charge on any atom is -0.467 e. The number of halogens is 3. The first kappa shape index (κ1) is 18.6. The summed E-state index contributed by atoms with van der Waals surface area (Å²) in [5, 5.41) is 14.3. The van der Waals surface area contributed by atoms with Gasteiger partial charge in [0.25, 0.3) is 5.69 Å². The SMILES string of the molecule is O=C(Cn1ccc(C(F)(F)F)n1)OCc1cc([N+](=O)[O-])cc2c1OCOC2. The zero-order valence-corrected chi connectivity index (χ0v) is 13.6. The minimum atomic E-state index is -4.61. The van der Waals surface area contributed by atoms with E-state index in [0.29, 0.717) is 11.3 Å². The molecule has 1 aliphatic rings. The van der Waals surface area contributed by atoms with Crippen LogP contribution in [0.1, 0.15) is 16.8 Å². The van der Waals surface area contributed by atoms with E-state index in [1.165, 1.54) is 12.1 Å². The second-order valence-electron chi connectivity index (χ2n) is 5.52. The highest BCUT2D eigenvalue weighted by Crippen LogP contribution is 2.33. The van der Waals surface area contributed by atoms with Crippen molar-refractivity contribution in [2.75, 3.05) is 6.79 Å². The lowest BCUT2D eigenvalue weighted by atomic mass is 10.1. The lowest BCUT2D eigenvalue weighted by Crippen LogP contribution is -2.17. The molecular weight excluding hydrogens is 375 g/mol. The van der Waals surface area contributed by atoms with Gasteiger partial charge in [-0.3, -0.25) is 19.6 Å². The van der Waals surface area contributed by atoms with Gasteiger partial charge in [-0.05, 0) is 6.07 Å². The minimum absolute atomic E-state index is 0.0563. The Hall–Kier alpha value is -3.15. The predicted molar refractivity (Wildman–Crippen MR) is 80.4 cm³/mol. The molecule has 2 aromatic rings. The highest BCUT2D eigenvalue weighted by Gasteiger charge is 2.33. The van der Waals surface area contributed by atoms with E-state index in [0.717, 1.165) is 16.9 Å². The van der Waals surface area contributed by atoms with Crippen molar-refractivity contribution in [3.63, 3.8) is 0 Å². The maximum Gasteiger partial charge on any atom is 0.435 e. The fraction of sp³-hybridized carbons (Fsp3) is 0.333. The number of fused-ring (bicyclic) bond motifs is 1. The second kappa shape index (κ2) is 7.23. The molecule has 0 aliphatic carbocycles. The third kappa shape index (κ3) is 4.34. The van der Waals surface area contributed by atoms with E-state index in [1.54, 1.807) is 0 Å². The molecule has 0 amide bonds. The van der Waals surface area contributed by atoms with Crippen LogP contribution in [0, 0.1) is 10.1 Å². The fourth-order valence-corrected chi connectivity index (χ4v) is 2.43. The Kier molecular flexibility index (Phi) is 4.99. The Bertz CT molecular complexity index is 880. The summed E-state index contributed by atoms with van der Waals surface area (Å²) in [6.45, 7) is -0.849. The van der Waals surface area contributed by atoms with Gasteiger partial charge in [0.05, 0.1) is 11.5 Å². The lowest BCUT2D eigenvalue weighted by Gasteiger charge is -2.20. The average Bonchev–Trinajstić information content (AvgIpc) is 3.08. The van der Waals surface area contributed by atoms with Crippen LogP contribution in [0.4, 0.5) is 18.9 Å². The third-order valence-corrected chi connectivity index (χ3v) is 3.59. The number of nitro benzene ring substituents is 1. The maximum absolute atomic E-state index is 12.5. The fourth-order valence-electron chi connectivity index (χ4n) is 2.43. The molecule has 1 aromatic heterocycles. The molecule has 12 heteroatoms. The van der Waals surface area contributed by atoms with Crippen LogP contribution < -0.4 is 4.74 Å². The molecule has 0 radical (unpaired) electrons. The van der Waals surface area contributed by atoms with Gasteiger partial charge in [0.1, 0.15) is 18.9 Å². The first-order valence-electron chi connectivity index (χ1n) is 7.51. The van der Waals surface area contributed by atoms with Gasteiger partial charge in [-0.1, -0.05) is 0 Å². The van der Waals surface area contributed by atoms with Gasteiger partial charge in [-0.2, -0.15) is 18.3 Å². The topological polar surface area (TPSA) is 106 Å². The van der Waals surface area contributed by atoms with Gasteiger partial charge in [0.15, 0.2) is 12.5 Å². The summed E-state index contributed by atoms with van der Waals surface area (Å²) >= 11 is 0. The Morgan fingerprint density at radius 3 is 2.85 bits per heavy atom. The number of esters is 1. The van der Waals surface area contributed by atoms with Crippen molar-refractivity contribution in [3.8, 4) is 5.75 Å². The van der Waals surface area contributed by atoms with Gasteiger partial charge in [0.2, 0.25) is 0 Å². The molecule has 144 valence electrons. The molecule has 0 unspecified atom stereocenters. The number of hydrogen-bond donors (Lipinski definition) is 0. The summed E-state index contributed by atoms with van der Waals surface area (Å²) in [5.74, 6) is -0.544.